The largest absolute Gasteiger partial charge is 0.479 e. The van der Waals surface area contributed by atoms with Crippen LogP contribution >= 0.6 is 0 Å². The first kappa shape index (κ1) is 12.2. The van der Waals surface area contributed by atoms with Crippen LogP contribution in [-0.4, -0.2) is 33.3 Å². The van der Waals surface area contributed by atoms with E-state index in [1.807, 2.05) is 0 Å². The van der Waals surface area contributed by atoms with Crippen LogP contribution < -0.4 is 4.74 Å². The number of hydrogen-bond acceptors (Lipinski definition) is 5. The molecule has 0 saturated heterocycles. The molecule has 0 aliphatic heterocycles. The van der Waals surface area contributed by atoms with Crippen molar-refractivity contribution in [1.29, 1.82) is 0 Å². The Balaban J connectivity index is 2.50. The van der Waals surface area contributed by atoms with E-state index in [0.717, 1.165) is 5.69 Å². The standard InChI is InChI=1S/C12H13N3O3/c1-7-6-15-10(12(13-7)18-3)5-9(14-15)11(17)4-8(2)16/h5-6H,4H2,1-3H3. The SMILES string of the molecule is COc1nc(C)cn2nc(C(=O)CC(C)=O)cc12. The third-order valence-corrected chi connectivity index (χ3v) is 2.43. The van der Waals surface area contributed by atoms with Crippen LogP contribution in [0.1, 0.15) is 29.5 Å². The van der Waals surface area contributed by atoms with Crippen molar-refractivity contribution in [3.8, 4) is 5.88 Å². The molecule has 2 aromatic rings. The highest BCUT2D eigenvalue weighted by molar-refractivity contribution is 6.06. The van der Waals surface area contributed by atoms with Crippen LogP contribution in [0.4, 0.5) is 0 Å². The van der Waals surface area contributed by atoms with Gasteiger partial charge in [-0.1, -0.05) is 0 Å². The van der Waals surface area contributed by atoms with Crippen LogP contribution in [0, 0.1) is 6.92 Å². The van der Waals surface area contributed by atoms with Gasteiger partial charge in [0.05, 0.1) is 25.4 Å². The summed E-state index contributed by atoms with van der Waals surface area (Å²) in [6.07, 6.45) is 1.56. The van der Waals surface area contributed by atoms with E-state index in [4.69, 9.17) is 4.74 Å². The number of nitrogens with zero attached hydrogens (tertiary/aromatic N) is 3. The van der Waals surface area contributed by atoms with E-state index in [2.05, 4.69) is 10.1 Å². The molecule has 0 saturated carbocycles. The lowest BCUT2D eigenvalue weighted by molar-refractivity contribution is -0.116. The first-order valence-electron chi connectivity index (χ1n) is 5.45. The fraction of sp³-hybridized carbons (Fsp3) is 0.333. The van der Waals surface area contributed by atoms with Crippen LogP contribution in [0.2, 0.25) is 0 Å². The van der Waals surface area contributed by atoms with Crippen LogP contribution in [-0.2, 0) is 4.79 Å². The molecule has 0 aliphatic rings. The molecule has 2 aromatic heterocycles. The van der Waals surface area contributed by atoms with Crippen molar-refractivity contribution in [2.24, 2.45) is 0 Å². The molecule has 0 amide bonds. The lowest BCUT2D eigenvalue weighted by Crippen LogP contribution is -2.05. The second-order valence-electron chi connectivity index (χ2n) is 4.05. The average Bonchev–Trinajstić information content (AvgIpc) is 2.70. The van der Waals surface area contributed by atoms with Crippen LogP contribution in [0.3, 0.4) is 0 Å². The number of rotatable bonds is 4. The van der Waals surface area contributed by atoms with Crippen molar-refractivity contribution in [1.82, 2.24) is 14.6 Å². The topological polar surface area (TPSA) is 73.6 Å². The lowest BCUT2D eigenvalue weighted by atomic mass is 10.1. The minimum absolute atomic E-state index is 0.140. The maximum absolute atomic E-state index is 11.8. The Labute approximate surface area is 104 Å². The molecule has 0 bridgehead atoms. The van der Waals surface area contributed by atoms with Gasteiger partial charge in [0, 0.05) is 6.07 Å². The van der Waals surface area contributed by atoms with Gasteiger partial charge in [-0.3, -0.25) is 9.59 Å². The zero-order valence-electron chi connectivity index (χ0n) is 10.4. The van der Waals surface area contributed by atoms with Crippen molar-refractivity contribution in [2.75, 3.05) is 7.11 Å². The molecule has 0 radical (unpaired) electrons. The van der Waals surface area contributed by atoms with Gasteiger partial charge in [0.2, 0.25) is 5.88 Å². The van der Waals surface area contributed by atoms with Crippen molar-refractivity contribution >= 4 is 17.1 Å². The summed E-state index contributed by atoms with van der Waals surface area (Å²) in [6.45, 7) is 3.18. The number of carbonyl (C=O) groups excluding carboxylic acids is 2. The summed E-state index contributed by atoms with van der Waals surface area (Å²) in [5.41, 5.74) is 1.58. The quantitative estimate of drug-likeness (QED) is 0.599. The summed E-state index contributed by atoms with van der Waals surface area (Å²) in [4.78, 5) is 26.9. The summed E-state index contributed by atoms with van der Waals surface area (Å²) in [6, 6.07) is 1.58. The normalized spacial score (nSPS) is 10.6. The molecule has 0 aliphatic carbocycles. The van der Waals surface area contributed by atoms with Gasteiger partial charge in [-0.05, 0) is 13.8 Å². The zero-order valence-corrected chi connectivity index (χ0v) is 10.4. The fourth-order valence-corrected chi connectivity index (χ4v) is 1.68. The molecule has 0 fully saturated rings. The second kappa shape index (κ2) is 4.56. The number of ether oxygens (including phenoxy) is 1. The van der Waals surface area contributed by atoms with E-state index in [1.165, 1.54) is 18.5 Å². The van der Waals surface area contributed by atoms with E-state index in [1.54, 1.807) is 19.2 Å². The third kappa shape index (κ3) is 2.22. The number of carbonyl (C=O) groups is 2. The maximum atomic E-state index is 11.8. The van der Waals surface area contributed by atoms with Crippen molar-refractivity contribution in [3.05, 3.63) is 23.7 Å². The molecule has 0 N–H and O–H groups in total. The molecule has 0 aromatic carbocycles. The average molecular weight is 247 g/mol. The third-order valence-electron chi connectivity index (χ3n) is 2.43. The predicted molar refractivity (Wildman–Crippen MR) is 63.9 cm³/mol. The summed E-state index contributed by atoms with van der Waals surface area (Å²) < 4.78 is 6.67. The molecule has 2 rings (SSSR count). The highest BCUT2D eigenvalue weighted by Gasteiger charge is 2.15. The molecular weight excluding hydrogens is 234 g/mol. The van der Waals surface area contributed by atoms with Crippen LogP contribution in [0.5, 0.6) is 5.88 Å². The Hall–Kier alpha value is -2.24. The summed E-state index contributed by atoms with van der Waals surface area (Å²) in [5, 5.41) is 4.13. The number of Topliss-reactive ketones (excluding diaryl/α,β-unsaturated/α-hetero) is 2. The van der Waals surface area contributed by atoms with E-state index in [0.29, 0.717) is 11.4 Å². The minimum Gasteiger partial charge on any atom is -0.479 e. The molecule has 6 nitrogen and oxygen atoms in total. The molecule has 0 spiro atoms. The number of methoxy groups -OCH3 is 1. The molecule has 18 heavy (non-hydrogen) atoms. The Kier molecular flexibility index (Phi) is 3.10. The van der Waals surface area contributed by atoms with Crippen LogP contribution in [0.15, 0.2) is 12.3 Å². The Bertz CT molecular complexity index is 631. The van der Waals surface area contributed by atoms with E-state index < -0.39 is 0 Å². The molecular formula is C12H13N3O3. The van der Waals surface area contributed by atoms with Gasteiger partial charge in [0.15, 0.2) is 5.78 Å². The Morgan fingerprint density at radius 2 is 2.17 bits per heavy atom. The smallest absolute Gasteiger partial charge is 0.240 e. The van der Waals surface area contributed by atoms with Gasteiger partial charge in [-0.25, -0.2) is 9.50 Å². The number of ketones is 2. The summed E-state index contributed by atoms with van der Waals surface area (Å²) >= 11 is 0. The number of aryl methyl sites for hydroxylation is 1. The number of fused-ring (bicyclic) bond motifs is 1. The monoisotopic (exact) mass is 247 g/mol. The van der Waals surface area contributed by atoms with Crippen molar-refractivity contribution in [2.45, 2.75) is 20.3 Å². The summed E-state index contributed by atoms with van der Waals surface area (Å²) in [5.74, 6) is -0.0754. The van der Waals surface area contributed by atoms with Gasteiger partial charge in [-0.15, -0.1) is 0 Å². The molecule has 0 atom stereocenters. The molecule has 0 unspecified atom stereocenters. The van der Waals surface area contributed by atoms with E-state index >= 15 is 0 Å². The van der Waals surface area contributed by atoms with Gasteiger partial charge in [-0.2, -0.15) is 5.10 Å². The second-order valence-corrected chi connectivity index (χ2v) is 4.05. The first-order chi connectivity index (χ1) is 8.51. The number of aromatic nitrogens is 3. The number of hydrogen-bond donors (Lipinski definition) is 0. The van der Waals surface area contributed by atoms with Gasteiger partial charge < -0.3 is 4.74 Å². The summed E-state index contributed by atoms with van der Waals surface area (Å²) in [7, 11) is 1.51. The Morgan fingerprint density at radius 1 is 1.44 bits per heavy atom. The fourth-order valence-electron chi connectivity index (χ4n) is 1.68. The van der Waals surface area contributed by atoms with Crippen molar-refractivity contribution < 1.29 is 14.3 Å². The van der Waals surface area contributed by atoms with Crippen molar-refractivity contribution in [3.63, 3.8) is 0 Å². The predicted octanol–water partition coefficient (Wildman–Crippen LogP) is 1.21. The highest BCUT2D eigenvalue weighted by atomic mass is 16.5. The lowest BCUT2D eigenvalue weighted by Gasteiger charge is -2.01. The zero-order chi connectivity index (χ0) is 13.3. The molecule has 94 valence electrons. The van der Waals surface area contributed by atoms with E-state index in [9.17, 15) is 9.59 Å². The Morgan fingerprint density at radius 3 is 2.78 bits per heavy atom. The van der Waals surface area contributed by atoms with Gasteiger partial charge in [0.1, 0.15) is 17.0 Å². The first-order valence-corrected chi connectivity index (χ1v) is 5.45. The highest BCUT2D eigenvalue weighted by Crippen LogP contribution is 2.19. The van der Waals surface area contributed by atoms with Crippen LogP contribution in [0.25, 0.3) is 5.52 Å². The molecule has 2 heterocycles. The van der Waals surface area contributed by atoms with Gasteiger partial charge >= 0.3 is 0 Å². The van der Waals surface area contributed by atoms with E-state index in [-0.39, 0.29) is 23.7 Å². The minimum atomic E-state index is -0.300. The maximum Gasteiger partial charge on any atom is 0.240 e. The van der Waals surface area contributed by atoms with Gasteiger partial charge in [0.25, 0.3) is 0 Å². The molecule has 6 heteroatoms.